The first-order valence-corrected chi connectivity index (χ1v) is 6.48. The van der Waals surface area contributed by atoms with E-state index in [0.717, 1.165) is 6.20 Å². The van der Waals surface area contributed by atoms with E-state index in [4.69, 9.17) is 4.74 Å². The zero-order valence-corrected chi connectivity index (χ0v) is 13.0. The van der Waals surface area contributed by atoms with Gasteiger partial charge in [-0.2, -0.15) is 18.2 Å². The molecular weight excluding hydrogens is 359 g/mol. The van der Waals surface area contributed by atoms with Crippen LogP contribution in [-0.2, 0) is 4.74 Å². The number of alkyl halides is 3. The van der Waals surface area contributed by atoms with Gasteiger partial charge >= 0.3 is 12.3 Å². The Morgan fingerprint density at radius 3 is 2.52 bits per heavy atom. The molecule has 6 nitrogen and oxygen atoms in total. The number of hydrogen-bond donors (Lipinski definition) is 1. The number of anilines is 1. The van der Waals surface area contributed by atoms with E-state index < -0.39 is 24.5 Å². The number of nitrogens with one attached hydrogen (secondary N) is 1. The zero-order valence-electron chi connectivity index (χ0n) is 11.4. The van der Waals surface area contributed by atoms with Crippen LogP contribution in [0.2, 0.25) is 0 Å². The summed E-state index contributed by atoms with van der Waals surface area (Å²) in [6.45, 7) is 3.47. The predicted molar refractivity (Wildman–Crippen MR) is 71.1 cm³/mol. The third-order valence-electron chi connectivity index (χ3n) is 1.70. The number of carbonyl (C=O) groups excluding carboxylic acids is 1. The normalized spacial score (nSPS) is 12.0. The fraction of sp³-hybridized carbons (Fsp3) is 0.545. The maximum Gasteiger partial charge on any atom is 0.422 e. The van der Waals surface area contributed by atoms with Crippen molar-refractivity contribution in [3.05, 3.63) is 10.7 Å². The van der Waals surface area contributed by atoms with Crippen molar-refractivity contribution < 1.29 is 27.4 Å². The molecule has 1 amide bonds. The second-order valence-corrected chi connectivity index (χ2v) is 5.73. The fourth-order valence-electron chi connectivity index (χ4n) is 1.06. The molecule has 0 unspecified atom stereocenters. The Morgan fingerprint density at radius 2 is 2.00 bits per heavy atom. The Morgan fingerprint density at radius 1 is 1.38 bits per heavy atom. The first kappa shape index (κ1) is 17.5. The molecule has 0 spiro atoms. The van der Waals surface area contributed by atoms with Crippen molar-refractivity contribution in [2.24, 2.45) is 0 Å². The van der Waals surface area contributed by atoms with Gasteiger partial charge in [0.2, 0.25) is 11.8 Å². The van der Waals surface area contributed by atoms with Crippen LogP contribution < -0.4 is 10.1 Å². The van der Waals surface area contributed by atoms with Gasteiger partial charge in [0, 0.05) is 0 Å². The summed E-state index contributed by atoms with van der Waals surface area (Å²) < 4.78 is 45.9. The Kier molecular flexibility index (Phi) is 5.37. The highest BCUT2D eigenvalue weighted by atomic mass is 79.9. The van der Waals surface area contributed by atoms with Crippen LogP contribution in [0.3, 0.4) is 0 Å². The molecule has 10 heteroatoms. The molecule has 0 aliphatic heterocycles. The van der Waals surface area contributed by atoms with Crippen LogP contribution in [0.5, 0.6) is 5.88 Å². The van der Waals surface area contributed by atoms with Gasteiger partial charge in [-0.3, -0.25) is 5.32 Å². The highest BCUT2D eigenvalue weighted by Gasteiger charge is 2.29. The third kappa shape index (κ3) is 7.11. The SMILES string of the molecule is CC(C)(C)OC(=O)Nc1ncc(Br)c(OCC(F)(F)F)n1. The molecule has 21 heavy (non-hydrogen) atoms. The number of carbonyl (C=O) groups is 1. The van der Waals surface area contributed by atoms with Gasteiger partial charge in [0.15, 0.2) is 6.61 Å². The summed E-state index contributed by atoms with van der Waals surface area (Å²) in [4.78, 5) is 18.9. The number of nitrogens with zero attached hydrogens (tertiary/aromatic N) is 2. The number of aromatic nitrogens is 2. The van der Waals surface area contributed by atoms with E-state index in [1.807, 2.05) is 0 Å². The van der Waals surface area contributed by atoms with E-state index in [1.165, 1.54) is 0 Å². The van der Waals surface area contributed by atoms with Gasteiger partial charge in [-0.05, 0) is 36.7 Å². The third-order valence-corrected chi connectivity index (χ3v) is 2.24. The minimum Gasteiger partial charge on any atom is -0.467 e. The molecule has 118 valence electrons. The summed E-state index contributed by atoms with van der Waals surface area (Å²) >= 11 is 2.95. The smallest absolute Gasteiger partial charge is 0.422 e. The van der Waals surface area contributed by atoms with Crippen molar-refractivity contribution in [2.75, 3.05) is 11.9 Å². The molecule has 1 rings (SSSR count). The summed E-state index contributed by atoms with van der Waals surface area (Å²) in [6.07, 6.45) is -4.17. The number of hydrogen-bond acceptors (Lipinski definition) is 5. The van der Waals surface area contributed by atoms with Crippen molar-refractivity contribution in [3.63, 3.8) is 0 Å². The predicted octanol–water partition coefficient (Wildman–Crippen LogP) is 3.53. The van der Waals surface area contributed by atoms with E-state index in [0.29, 0.717) is 0 Å². The van der Waals surface area contributed by atoms with Gasteiger partial charge < -0.3 is 9.47 Å². The molecule has 1 aromatic heterocycles. The lowest BCUT2D eigenvalue weighted by atomic mass is 10.2. The van der Waals surface area contributed by atoms with Crippen LogP contribution in [0, 0.1) is 0 Å². The summed E-state index contributed by atoms with van der Waals surface area (Å²) in [5.41, 5.74) is -0.727. The average Bonchev–Trinajstić information content (AvgIpc) is 2.26. The number of rotatable bonds is 3. The molecule has 1 N–H and O–H groups in total. The van der Waals surface area contributed by atoms with E-state index in [-0.39, 0.29) is 16.3 Å². The summed E-state index contributed by atoms with van der Waals surface area (Å²) in [5, 5.41) is 2.20. The molecular formula is C11H13BrF3N3O3. The molecule has 0 fully saturated rings. The molecule has 0 bridgehead atoms. The lowest BCUT2D eigenvalue weighted by Gasteiger charge is -2.19. The molecule has 0 saturated carbocycles. The van der Waals surface area contributed by atoms with Crippen molar-refractivity contribution in [1.82, 2.24) is 9.97 Å². The average molecular weight is 372 g/mol. The standard InChI is InChI=1S/C11H13BrF3N3O3/c1-10(2,3)21-9(19)18-8-16-4-6(12)7(17-8)20-5-11(13,14)15/h4H,5H2,1-3H3,(H,16,17,18,19). The van der Waals surface area contributed by atoms with Crippen molar-refractivity contribution in [3.8, 4) is 5.88 Å². The number of ether oxygens (including phenoxy) is 2. The maximum atomic E-state index is 12.1. The van der Waals surface area contributed by atoms with Crippen LogP contribution in [0.4, 0.5) is 23.9 Å². The molecule has 0 saturated heterocycles. The Bertz CT molecular complexity index is 518. The molecule has 0 aliphatic carbocycles. The second-order valence-electron chi connectivity index (χ2n) is 4.88. The lowest BCUT2D eigenvalue weighted by Crippen LogP contribution is -2.28. The first-order chi connectivity index (χ1) is 9.46. The van der Waals surface area contributed by atoms with Crippen LogP contribution in [0.1, 0.15) is 20.8 Å². The Labute approximate surface area is 127 Å². The van der Waals surface area contributed by atoms with Crippen molar-refractivity contribution >= 4 is 28.0 Å². The summed E-state index contributed by atoms with van der Waals surface area (Å²) in [6, 6.07) is 0. The van der Waals surface area contributed by atoms with Crippen LogP contribution in [0.15, 0.2) is 10.7 Å². The number of amides is 1. The van der Waals surface area contributed by atoms with Gasteiger partial charge in [-0.25, -0.2) is 9.78 Å². The van der Waals surface area contributed by atoms with E-state index >= 15 is 0 Å². The van der Waals surface area contributed by atoms with Gasteiger partial charge in [0.25, 0.3) is 0 Å². The van der Waals surface area contributed by atoms with Gasteiger partial charge in [-0.15, -0.1) is 0 Å². The molecule has 1 heterocycles. The van der Waals surface area contributed by atoms with E-state index in [9.17, 15) is 18.0 Å². The minimum absolute atomic E-state index is 0.126. The topological polar surface area (TPSA) is 73.3 Å². The van der Waals surface area contributed by atoms with E-state index in [1.54, 1.807) is 20.8 Å². The highest BCUT2D eigenvalue weighted by molar-refractivity contribution is 9.10. The Hall–Kier alpha value is -1.58. The van der Waals surface area contributed by atoms with E-state index in [2.05, 4.69) is 36.0 Å². The van der Waals surface area contributed by atoms with Gasteiger partial charge in [0.05, 0.1) is 10.7 Å². The molecule has 0 atom stereocenters. The Balaban J connectivity index is 2.75. The summed E-state index contributed by atoms with van der Waals surface area (Å²) in [7, 11) is 0. The van der Waals surface area contributed by atoms with Crippen LogP contribution >= 0.6 is 15.9 Å². The van der Waals surface area contributed by atoms with Gasteiger partial charge in [-0.1, -0.05) is 0 Å². The molecule has 0 aliphatic rings. The largest absolute Gasteiger partial charge is 0.467 e. The van der Waals surface area contributed by atoms with Crippen molar-refractivity contribution in [2.45, 2.75) is 32.5 Å². The second kappa shape index (κ2) is 6.46. The summed E-state index contributed by atoms with van der Waals surface area (Å²) in [5.74, 6) is -0.571. The molecule has 0 aromatic carbocycles. The zero-order chi connectivity index (χ0) is 16.3. The number of halogens is 4. The van der Waals surface area contributed by atoms with Crippen molar-refractivity contribution in [1.29, 1.82) is 0 Å². The first-order valence-electron chi connectivity index (χ1n) is 5.68. The maximum absolute atomic E-state index is 12.1. The quantitative estimate of drug-likeness (QED) is 0.879. The highest BCUT2D eigenvalue weighted by Crippen LogP contribution is 2.25. The van der Waals surface area contributed by atoms with Crippen LogP contribution in [-0.4, -0.2) is 34.4 Å². The molecule has 1 aromatic rings. The fourth-order valence-corrected chi connectivity index (χ4v) is 1.36. The minimum atomic E-state index is -4.50. The van der Waals surface area contributed by atoms with Gasteiger partial charge in [0.1, 0.15) is 5.60 Å². The lowest BCUT2D eigenvalue weighted by molar-refractivity contribution is -0.154. The molecule has 0 radical (unpaired) electrons. The monoisotopic (exact) mass is 371 g/mol. The van der Waals surface area contributed by atoms with Crippen LogP contribution in [0.25, 0.3) is 0 Å².